The number of nitrogens with zero attached hydrogens (tertiary/aromatic N) is 4. The van der Waals surface area contributed by atoms with Crippen LogP contribution in [-0.2, 0) is 36.1 Å². The number of aromatic nitrogens is 2. The minimum Gasteiger partial charge on any atom is -0.484 e. The summed E-state index contributed by atoms with van der Waals surface area (Å²) >= 11 is 0. The van der Waals surface area contributed by atoms with Gasteiger partial charge in [-0.1, -0.05) is 0 Å². The summed E-state index contributed by atoms with van der Waals surface area (Å²) in [5, 5.41) is 6.56. The molecule has 1 unspecified atom stereocenters. The number of nitrogens with one attached hydrogen (secondary N) is 1. The number of sulfonamides is 1. The van der Waals surface area contributed by atoms with Crippen LogP contribution >= 0.6 is 0 Å². The van der Waals surface area contributed by atoms with Crippen molar-refractivity contribution in [2.45, 2.75) is 36.4 Å². The Labute approximate surface area is 219 Å². The maximum atomic E-state index is 13.6. The summed E-state index contributed by atoms with van der Waals surface area (Å²) in [4.78, 5) is 37.2. The average molecular weight is 552 g/mol. The summed E-state index contributed by atoms with van der Waals surface area (Å²) in [5.41, 5.74) is 0.443. The molecule has 15 heteroatoms. The Morgan fingerprint density at radius 3 is 2.79 bits per heavy atom. The first-order valence-electron chi connectivity index (χ1n) is 12.1. The molecule has 2 fully saturated rings. The van der Waals surface area contributed by atoms with Crippen LogP contribution < -0.4 is 14.4 Å². The van der Waals surface area contributed by atoms with Crippen LogP contribution in [0.2, 0.25) is 0 Å². The van der Waals surface area contributed by atoms with Gasteiger partial charge in [0.05, 0.1) is 31.1 Å². The van der Waals surface area contributed by atoms with Gasteiger partial charge in [0.15, 0.2) is 6.61 Å². The van der Waals surface area contributed by atoms with Crippen molar-refractivity contribution in [3.8, 4) is 5.75 Å². The minimum absolute atomic E-state index is 0. The number of carbonyl (C=O) groups is 3. The molecule has 0 saturated carbocycles. The van der Waals surface area contributed by atoms with Crippen LogP contribution in [0, 0.1) is 0 Å². The monoisotopic (exact) mass is 551 g/mol. The van der Waals surface area contributed by atoms with E-state index in [1.165, 1.54) is 35.3 Å². The molecule has 1 N–H and O–H groups in total. The van der Waals surface area contributed by atoms with E-state index >= 15 is 0 Å². The van der Waals surface area contributed by atoms with Gasteiger partial charge in [0.2, 0.25) is 0 Å². The van der Waals surface area contributed by atoms with Gasteiger partial charge >= 0.3 is 12.2 Å². The van der Waals surface area contributed by atoms with E-state index in [-0.39, 0.29) is 55.9 Å². The summed E-state index contributed by atoms with van der Waals surface area (Å²) in [6.45, 7) is -0.0473. The third kappa shape index (κ3) is 5.38. The zero-order valence-electron chi connectivity index (χ0n) is 20.6. The third-order valence-corrected chi connectivity index (χ3v) is 8.04. The zero-order valence-corrected chi connectivity index (χ0v) is 21.4. The number of carbonyl (C=O) groups excluding carboxylic acids is 3. The first kappa shape index (κ1) is 25.8. The quantitative estimate of drug-likeness (QED) is 0.537. The predicted octanol–water partition coefficient (Wildman–Crippen LogP) is 1.72. The molecular weight excluding hydrogens is 522 g/mol. The molecule has 38 heavy (non-hydrogen) atoms. The summed E-state index contributed by atoms with van der Waals surface area (Å²) in [5.74, 6) is -0.356. The lowest BCUT2D eigenvalue weighted by molar-refractivity contribution is -0.126. The summed E-state index contributed by atoms with van der Waals surface area (Å²) in [7, 11) is -2.54. The van der Waals surface area contributed by atoms with Crippen LogP contribution in [0.25, 0.3) is 0 Å². The number of hydrogen-bond donors (Lipinski definition) is 1. The maximum Gasteiger partial charge on any atom is 0.417 e. The molecule has 3 amide bonds. The third-order valence-electron chi connectivity index (χ3n) is 6.31. The minimum atomic E-state index is -4.13. The smallest absolute Gasteiger partial charge is 0.417 e. The zero-order chi connectivity index (χ0) is 26.9. The van der Waals surface area contributed by atoms with Crippen molar-refractivity contribution in [3.63, 3.8) is 0 Å². The number of amides is 3. The Balaban J connectivity index is 0.00000353. The van der Waals surface area contributed by atoms with Crippen molar-refractivity contribution < 1.29 is 43.2 Å². The van der Waals surface area contributed by atoms with Gasteiger partial charge in [-0.15, -0.1) is 0 Å². The van der Waals surface area contributed by atoms with Gasteiger partial charge in [-0.3, -0.25) is 19.1 Å². The molecular formula is C23H29N5O9S. The lowest BCUT2D eigenvalue weighted by atomic mass is 10.1. The van der Waals surface area contributed by atoms with Crippen LogP contribution in [0.4, 0.5) is 21.0 Å². The van der Waals surface area contributed by atoms with Crippen molar-refractivity contribution in [1.82, 2.24) is 14.7 Å². The van der Waals surface area contributed by atoms with Crippen molar-refractivity contribution in [2.75, 3.05) is 42.5 Å². The molecule has 5 rings (SSSR count). The second-order valence-electron chi connectivity index (χ2n) is 9.08. The van der Waals surface area contributed by atoms with Crippen molar-refractivity contribution in [1.29, 1.82) is 0 Å². The standard InChI is InChI=1S/C23H27N5O9S.H2/c1-26-12-18(9-24-26)38(32,33)28-11-17(10-27-21(29)14-36-23(27)31)37-20-6-5-15(8-19(20)28)25-22(30)35-13-16-4-2-3-7-34-16;/h5-6,8-9,12,16-17H,2-4,7,10-11,13-14H2,1H3,(H,25,30);1H/t16?,17-;/m0./s1. The molecule has 2 saturated heterocycles. The molecule has 3 aliphatic rings. The lowest BCUT2D eigenvalue weighted by Gasteiger charge is -2.36. The molecule has 3 aliphatic heterocycles. The number of imide groups is 1. The molecule has 0 aliphatic carbocycles. The van der Waals surface area contributed by atoms with Gasteiger partial charge in [0.1, 0.15) is 23.4 Å². The van der Waals surface area contributed by atoms with Crippen LogP contribution in [0.15, 0.2) is 35.5 Å². The fraction of sp³-hybridized carbons (Fsp3) is 0.478. The highest BCUT2D eigenvalue weighted by Gasteiger charge is 2.40. The number of ether oxygens (including phenoxy) is 4. The van der Waals surface area contributed by atoms with Gasteiger partial charge in [-0.25, -0.2) is 22.9 Å². The van der Waals surface area contributed by atoms with E-state index in [1.54, 1.807) is 7.05 Å². The molecule has 0 radical (unpaired) electrons. The summed E-state index contributed by atoms with van der Waals surface area (Å²) in [6.07, 6.45) is 2.83. The molecule has 4 heterocycles. The highest BCUT2D eigenvalue weighted by molar-refractivity contribution is 7.92. The summed E-state index contributed by atoms with van der Waals surface area (Å²) < 4.78 is 51.2. The molecule has 2 atom stereocenters. The van der Waals surface area contributed by atoms with Crippen molar-refractivity contribution >= 4 is 39.5 Å². The van der Waals surface area contributed by atoms with E-state index < -0.39 is 34.2 Å². The Morgan fingerprint density at radius 1 is 1.26 bits per heavy atom. The second-order valence-corrected chi connectivity index (χ2v) is 10.9. The highest BCUT2D eigenvalue weighted by Crippen LogP contribution is 2.39. The first-order valence-corrected chi connectivity index (χ1v) is 13.5. The van der Waals surface area contributed by atoms with Crippen LogP contribution in [-0.4, -0.2) is 86.3 Å². The molecule has 0 bridgehead atoms. The molecule has 1 aromatic carbocycles. The topological polar surface area (TPSA) is 159 Å². The Bertz CT molecular complexity index is 1330. The van der Waals surface area contributed by atoms with E-state index in [1.807, 2.05) is 0 Å². The Kier molecular flexibility index (Phi) is 7.12. The molecule has 1 aromatic heterocycles. The van der Waals surface area contributed by atoms with Gasteiger partial charge in [-0.05, 0) is 37.5 Å². The van der Waals surface area contributed by atoms with Crippen LogP contribution in [0.5, 0.6) is 5.75 Å². The van der Waals surface area contributed by atoms with E-state index in [0.717, 1.165) is 28.5 Å². The van der Waals surface area contributed by atoms with Crippen LogP contribution in [0.1, 0.15) is 20.7 Å². The van der Waals surface area contributed by atoms with Gasteiger partial charge in [0.25, 0.3) is 15.9 Å². The lowest BCUT2D eigenvalue weighted by Crippen LogP contribution is -2.49. The Hall–Kier alpha value is -3.85. The maximum absolute atomic E-state index is 13.6. The van der Waals surface area contributed by atoms with Gasteiger partial charge in [0, 0.05) is 27.0 Å². The van der Waals surface area contributed by atoms with Crippen molar-refractivity contribution in [3.05, 3.63) is 30.6 Å². The molecule has 2 aromatic rings. The average Bonchev–Trinajstić information content (AvgIpc) is 3.49. The normalized spacial score (nSPS) is 21.5. The van der Waals surface area contributed by atoms with E-state index in [2.05, 4.69) is 10.4 Å². The van der Waals surface area contributed by atoms with Crippen molar-refractivity contribution in [2.24, 2.45) is 7.05 Å². The van der Waals surface area contributed by atoms with E-state index in [0.29, 0.717) is 6.61 Å². The number of cyclic esters (lactones) is 1. The number of anilines is 2. The first-order chi connectivity index (χ1) is 18.2. The van der Waals surface area contributed by atoms with E-state index in [9.17, 15) is 22.8 Å². The number of benzene rings is 1. The van der Waals surface area contributed by atoms with E-state index in [4.69, 9.17) is 18.9 Å². The number of aryl methyl sites for hydroxylation is 1. The Morgan fingerprint density at radius 2 is 2.11 bits per heavy atom. The summed E-state index contributed by atoms with van der Waals surface area (Å²) in [6, 6.07) is 4.48. The predicted molar refractivity (Wildman–Crippen MR) is 132 cm³/mol. The fourth-order valence-corrected chi connectivity index (χ4v) is 5.88. The largest absolute Gasteiger partial charge is 0.484 e. The fourth-order valence-electron chi connectivity index (χ4n) is 4.39. The number of hydrogen-bond acceptors (Lipinski definition) is 10. The molecule has 0 spiro atoms. The SMILES string of the molecule is Cn1cc(S(=O)(=O)N2C[C@H](CN3C(=O)COC3=O)Oc3ccc(NC(=O)OCC4CCCCO4)cc32)cn1.[HH]. The molecule has 206 valence electrons. The van der Waals surface area contributed by atoms with Gasteiger partial charge in [-0.2, -0.15) is 5.10 Å². The molecule has 14 nitrogen and oxygen atoms in total. The second kappa shape index (κ2) is 10.5. The number of rotatable bonds is 7. The number of fused-ring (bicyclic) bond motifs is 1. The van der Waals surface area contributed by atoms with Crippen LogP contribution in [0.3, 0.4) is 0 Å². The van der Waals surface area contributed by atoms with Gasteiger partial charge < -0.3 is 18.9 Å². The highest BCUT2D eigenvalue weighted by atomic mass is 32.2.